The second-order valence-corrected chi connectivity index (χ2v) is 5.02. The zero-order chi connectivity index (χ0) is 13.7. The Hall–Kier alpha value is -1.39. The van der Waals surface area contributed by atoms with Gasteiger partial charge in [-0.05, 0) is 18.6 Å². The fraction of sp³-hybridized carbons (Fsp3) is 0.533. The van der Waals surface area contributed by atoms with Gasteiger partial charge in [0.05, 0.1) is 6.10 Å². The third-order valence-corrected chi connectivity index (χ3v) is 3.62. The third kappa shape index (κ3) is 3.78. The van der Waals surface area contributed by atoms with Gasteiger partial charge in [0.15, 0.2) is 0 Å². The molecule has 0 saturated carbocycles. The van der Waals surface area contributed by atoms with Crippen LogP contribution in [0.15, 0.2) is 30.3 Å². The van der Waals surface area contributed by atoms with Crippen LogP contribution < -0.4 is 0 Å². The summed E-state index contributed by atoms with van der Waals surface area (Å²) in [4.78, 5) is 16.4. The van der Waals surface area contributed by atoms with Crippen LogP contribution in [0, 0.1) is 0 Å². The van der Waals surface area contributed by atoms with Crippen molar-refractivity contribution in [3.05, 3.63) is 35.9 Å². The van der Waals surface area contributed by atoms with Crippen LogP contribution in [0.1, 0.15) is 23.7 Å². The van der Waals surface area contributed by atoms with E-state index in [9.17, 15) is 9.90 Å². The number of benzene rings is 1. The number of hydrogen-bond donors (Lipinski definition) is 1. The fourth-order valence-electron chi connectivity index (χ4n) is 2.32. The van der Waals surface area contributed by atoms with Crippen molar-refractivity contribution in [3.8, 4) is 0 Å². The largest absolute Gasteiger partial charge is 0.392 e. The SMILES string of the molecule is CCC(O)CN1CCN(C(=O)c2ccccc2)CC1. The first-order chi connectivity index (χ1) is 9.20. The molecule has 0 aliphatic carbocycles. The van der Waals surface area contributed by atoms with Gasteiger partial charge in [-0.3, -0.25) is 9.69 Å². The maximum atomic E-state index is 12.2. The number of aliphatic hydroxyl groups is 1. The molecular formula is C15H22N2O2. The summed E-state index contributed by atoms with van der Waals surface area (Å²) in [5.41, 5.74) is 0.754. The average molecular weight is 262 g/mol. The summed E-state index contributed by atoms with van der Waals surface area (Å²) in [6, 6.07) is 9.41. The molecule has 1 aromatic rings. The monoisotopic (exact) mass is 262 g/mol. The Morgan fingerprint density at radius 1 is 1.21 bits per heavy atom. The number of carbonyl (C=O) groups is 1. The Morgan fingerprint density at radius 2 is 1.84 bits per heavy atom. The van der Waals surface area contributed by atoms with Gasteiger partial charge in [-0.25, -0.2) is 0 Å². The predicted molar refractivity (Wildman–Crippen MR) is 75.1 cm³/mol. The number of piperazine rings is 1. The van der Waals surface area contributed by atoms with E-state index < -0.39 is 0 Å². The molecule has 0 spiro atoms. The number of aliphatic hydroxyl groups excluding tert-OH is 1. The van der Waals surface area contributed by atoms with Crippen molar-refractivity contribution in [2.45, 2.75) is 19.4 Å². The van der Waals surface area contributed by atoms with Crippen molar-refractivity contribution in [2.75, 3.05) is 32.7 Å². The van der Waals surface area contributed by atoms with Crippen LogP contribution in [0.5, 0.6) is 0 Å². The van der Waals surface area contributed by atoms with Gasteiger partial charge in [0, 0.05) is 38.3 Å². The standard InChI is InChI=1S/C15H22N2O2/c1-2-14(18)12-16-8-10-17(11-9-16)15(19)13-6-4-3-5-7-13/h3-7,14,18H,2,8-12H2,1H3. The number of carbonyl (C=O) groups excluding carboxylic acids is 1. The molecule has 1 aliphatic heterocycles. The lowest BCUT2D eigenvalue weighted by molar-refractivity contribution is 0.0524. The number of β-amino-alcohol motifs (C(OH)–C–C–N with tert-alkyl or cyclic N) is 1. The molecule has 1 N–H and O–H groups in total. The Kier molecular flexibility index (Phi) is 4.93. The van der Waals surface area contributed by atoms with Gasteiger partial charge in [-0.2, -0.15) is 0 Å². The lowest BCUT2D eigenvalue weighted by Gasteiger charge is -2.35. The van der Waals surface area contributed by atoms with Crippen LogP contribution in [-0.2, 0) is 0 Å². The number of rotatable bonds is 4. The van der Waals surface area contributed by atoms with Crippen LogP contribution >= 0.6 is 0 Å². The molecule has 1 atom stereocenters. The zero-order valence-corrected chi connectivity index (χ0v) is 11.5. The van der Waals surface area contributed by atoms with E-state index in [1.807, 2.05) is 42.2 Å². The van der Waals surface area contributed by atoms with Crippen LogP contribution in [0.2, 0.25) is 0 Å². The first-order valence-electron chi connectivity index (χ1n) is 6.95. The minimum atomic E-state index is -0.253. The molecular weight excluding hydrogens is 240 g/mol. The van der Waals surface area contributed by atoms with Crippen LogP contribution in [-0.4, -0.2) is 59.6 Å². The van der Waals surface area contributed by atoms with Gasteiger partial charge in [0.2, 0.25) is 0 Å². The van der Waals surface area contributed by atoms with E-state index >= 15 is 0 Å². The summed E-state index contributed by atoms with van der Waals surface area (Å²) in [6.07, 6.45) is 0.528. The maximum absolute atomic E-state index is 12.2. The van der Waals surface area contributed by atoms with Crippen LogP contribution in [0.4, 0.5) is 0 Å². The van der Waals surface area contributed by atoms with Crippen molar-refractivity contribution in [3.63, 3.8) is 0 Å². The highest BCUT2D eigenvalue weighted by atomic mass is 16.3. The van der Waals surface area contributed by atoms with Gasteiger partial charge >= 0.3 is 0 Å². The highest BCUT2D eigenvalue weighted by Crippen LogP contribution is 2.09. The molecule has 1 unspecified atom stereocenters. The van der Waals surface area contributed by atoms with E-state index in [1.54, 1.807) is 0 Å². The summed E-state index contributed by atoms with van der Waals surface area (Å²) in [5.74, 6) is 0.108. The van der Waals surface area contributed by atoms with Gasteiger partial charge in [0.1, 0.15) is 0 Å². The van der Waals surface area contributed by atoms with Gasteiger partial charge < -0.3 is 10.0 Å². The highest BCUT2D eigenvalue weighted by molar-refractivity contribution is 5.94. The lowest BCUT2D eigenvalue weighted by atomic mass is 10.1. The number of nitrogens with zero attached hydrogens (tertiary/aromatic N) is 2. The number of hydrogen-bond acceptors (Lipinski definition) is 3. The van der Waals surface area contributed by atoms with E-state index in [-0.39, 0.29) is 12.0 Å². The molecule has 2 rings (SSSR count). The first kappa shape index (κ1) is 14.0. The van der Waals surface area contributed by atoms with Crippen LogP contribution in [0.3, 0.4) is 0 Å². The smallest absolute Gasteiger partial charge is 0.253 e. The van der Waals surface area contributed by atoms with Crippen molar-refractivity contribution in [2.24, 2.45) is 0 Å². The summed E-state index contributed by atoms with van der Waals surface area (Å²) >= 11 is 0. The molecule has 1 aliphatic rings. The van der Waals surface area contributed by atoms with Crippen molar-refractivity contribution >= 4 is 5.91 Å². The second-order valence-electron chi connectivity index (χ2n) is 5.02. The summed E-state index contributed by atoms with van der Waals surface area (Å²) in [6.45, 7) is 5.86. The van der Waals surface area contributed by atoms with Gasteiger partial charge in [-0.15, -0.1) is 0 Å². The first-order valence-corrected chi connectivity index (χ1v) is 6.95. The molecule has 1 saturated heterocycles. The zero-order valence-electron chi connectivity index (χ0n) is 11.5. The Morgan fingerprint density at radius 3 is 2.42 bits per heavy atom. The Balaban J connectivity index is 1.85. The molecule has 4 nitrogen and oxygen atoms in total. The maximum Gasteiger partial charge on any atom is 0.253 e. The molecule has 4 heteroatoms. The van der Waals surface area contributed by atoms with Crippen molar-refractivity contribution in [1.29, 1.82) is 0 Å². The van der Waals surface area contributed by atoms with Gasteiger partial charge in [0.25, 0.3) is 5.91 Å². The molecule has 1 aromatic carbocycles. The van der Waals surface area contributed by atoms with Crippen molar-refractivity contribution < 1.29 is 9.90 Å². The molecule has 1 fully saturated rings. The minimum absolute atomic E-state index is 0.108. The third-order valence-electron chi connectivity index (χ3n) is 3.62. The minimum Gasteiger partial charge on any atom is -0.392 e. The summed E-state index contributed by atoms with van der Waals surface area (Å²) in [7, 11) is 0. The average Bonchev–Trinajstić information content (AvgIpc) is 2.48. The summed E-state index contributed by atoms with van der Waals surface area (Å²) < 4.78 is 0. The van der Waals surface area contributed by atoms with Crippen LogP contribution in [0.25, 0.3) is 0 Å². The summed E-state index contributed by atoms with van der Waals surface area (Å²) in [5, 5.41) is 9.64. The van der Waals surface area contributed by atoms with E-state index in [2.05, 4.69) is 4.90 Å². The molecule has 19 heavy (non-hydrogen) atoms. The predicted octanol–water partition coefficient (Wildman–Crippen LogP) is 1.22. The molecule has 0 bridgehead atoms. The molecule has 1 amide bonds. The molecule has 1 heterocycles. The van der Waals surface area contributed by atoms with Crippen molar-refractivity contribution in [1.82, 2.24) is 9.80 Å². The number of amides is 1. The highest BCUT2D eigenvalue weighted by Gasteiger charge is 2.22. The normalized spacial score (nSPS) is 18.3. The molecule has 0 radical (unpaired) electrons. The molecule has 0 aromatic heterocycles. The Bertz CT molecular complexity index is 400. The van der Waals surface area contributed by atoms with E-state index in [4.69, 9.17) is 0 Å². The Labute approximate surface area is 114 Å². The van der Waals surface area contributed by atoms with E-state index in [0.717, 1.165) is 38.2 Å². The lowest BCUT2D eigenvalue weighted by Crippen LogP contribution is -2.50. The van der Waals surface area contributed by atoms with Gasteiger partial charge in [-0.1, -0.05) is 25.1 Å². The van der Waals surface area contributed by atoms with E-state index in [0.29, 0.717) is 6.54 Å². The van der Waals surface area contributed by atoms with E-state index in [1.165, 1.54) is 0 Å². The second kappa shape index (κ2) is 6.68. The molecule has 104 valence electrons. The fourth-order valence-corrected chi connectivity index (χ4v) is 2.32. The quantitative estimate of drug-likeness (QED) is 0.887. The topological polar surface area (TPSA) is 43.8 Å².